The van der Waals surface area contributed by atoms with Crippen molar-refractivity contribution in [1.29, 1.82) is 0 Å². The second-order valence-corrected chi connectivity index (χ2v) is 7.43. The molecule has 0 bridgehead atoms. The fraction of sp³-hybridized carbons (Fsp3) is 0.238. The minimum atomic E-state index is 0.481. The van der Waals surface area contributed by atoms with Crippen LogP contribution in [0.2, 0.25) is 5.02 Å². The summed E-state index contributed by atoms with van der Waals surface area (Å²) >= 11 is 8.20. The van der Waals surface area contributed by atoms with Crippen LogP contribution in [0.1, 0.15) is 21.6 Å². The molecule has 136 valence electrons. The summed E-state index contributed by atoms with van der Waals surface area (Å²) < 4.78 is 11.5. The molecular weight excluding hydrogens is 366 g/mol. The van der Waals surface area contributed by atoms with Gasteiger partial charge >= 0.3 is 0 Å². The van der Waals surface area contributed by atoms with E-state index in [1.54, 1.807) is 18.4 Å². The topological polar surface area (TPSA) is 30.5 Å². The number of halogens is 1. The molecular formula is C21H22ClNO2S. The lowest BCUT2D eigenvalue weighted by Crippen LogP contribution is -2.12. The summed E-state index contributed by atoms with van der Waals surface area (Å²) in [6, 6.07) is 16.1. The number of aryl methyl sites for hydroxylation is 1. The highest BCUT2D eigenvalue weighted by Crippen LogP contribution is 2.34. The van der Waals surface area contributed by atoms with E-state index in [1.807, 2.05) is 24.3 Å². The minimum Gasteiger partial charge on any atom is -0.493 e. The Hall–Kier alpha value is -2.01. The van der Waals surface area contributed by atoms with E-state index in [1.165, 1.54) is 10.4 Å². The molecule has 0 unspecified atom stereocenters. The molecule has 26 heavy (non-hydrogen) atoms. The third-order valence-electron chi connectivity index (χ3n) is 4.17. The Balaban J connectivity index is 1.67. The van der Waals surface area contributed by atoms with E-state index in [-0.39, 0.29) is 0 Å². The van der Waals surface area contributed by atoms with E-state index in [9.17, 15) is 0 Å². The third-order valence-corrected chi connectivity index (χ3v) is 5.40. The summed E-state index contributed by atoms with van der Waals surface area (Å²) in [4.78, 5) is 1.30. The summed E-state index contributed by atoms with van der Waals surface area (Å²) in [5.41, 5.74) is 3.34. The third kappa shape index (κ3) is 4.79. The first-order valence-electron chi connectivity index (χ1n) is 8.44. The summed E-state index contributed by atoms with van der Waals surface area (Å²) in [5, 5.41) is 6.16. The van der Waals surface area contributed by atoms with E-state index in [0.29, 0.717) is 29.7 Å². The van der Waals surface area contributed by atoms with E-state index < -0.39 is 0 Å². The van der Waals surface area contributed by atoms with E-state index in [4.69, 9.17) is 21.1 Å². The Morgan fingerprint density at radius 3 is 2.58 bits per heavy atom. The van der Waals surface area contributed by atoms with Crippen LogP contribution in [0, 0.1) is 6.92 Å². The molecule has 1 aromatic heterocycles. The van der Waals surface area contributed by atoms with Crippen LogP contribution in [0.25, 0.3) is 0 Å². The number of rotatable bonds is 8. The van der Waals surface area contributed by atoms with Crippen molar-refractivity contribution in [2.75, 3.05) is 7.11 Å². The van der Waals surface area contributed by atoms with Crippen molar-refractivity contribution in [1.82, 2.24) is 5.32 Å². The van der Waals surface area contributed by atoms with Gasteiger partial charge in [-0.15, -0.1) is 11.3 Å². The maximum absolute atomic E-state index is 6.46. The van der Waals surface area contributed by atoms with Gasteiger partial charge in [-0.25, -0.2) is 0 Å². The molecule has 0 radical (unpaired) electrons. The molecule has 3 rings (SSSR count). The number of nitrogens with one attached hydrogen (secondary N) is 1. The standard InChI is InChI=1S/C21H22ClNO2S/c1-15-6-3-4-7-16(15)14-25-21-11-19(22)17(10-20(21)24-2)12-23-13-18-8-5-9-26-18/h3-11,23H,12-14H2,1-2H3. The fourth-order valence-electron chi connectivity index (χ4n) is 2.65. The second-order valence-electron chi connectivity index (χ2n) is 5.99. The number of hydrogen-bond donors (Lipinski definition) is 1. The summed E-state index contributed by atoms with van der Waals surface area (Å²) in [5.74, 6) is 1.35. The molecule has 0 aliphatic carbocycles. The van der Waals surface area contributed by atoms with Gasteiger partial charge in [-0.2, -0.15) is 0 Å². The molecule has 1 heterocycles. The van der Waals surface area contributed by atoms with Crippen LogP contribution in [0.3, 0.4) is 0 Å². The van der Waals surface area contributed by atoms with Crippen molar-refractivity contribution in [3.05, 3.63) is 80.5 Å². The first-order chi connectivity index (χ1) is 12.7. The number of thiophene rings is 1. The molecule has 3 aromatic rings. The van der Waals surface area contributed by atoms with Gasteiger partial charge in [-0.3, -0.25) is 0 Å². The number of benzene rings is 2. The molecule has 0 amide bonds. The average Bonchev–Trinajstić information content (AvgIpc) is 3.16. The minimum absolute atomic E-state index is 0.481. The molecule has 0 saturated carbocycles. The lowest BCUT2D eigenvalue weighted by molar-refractivity contribution is 0.283. The second kappa shape index (κ2) is 9.08. The molecule has 2 aromatic carbocycles. The Morgan fingerprint density at radius 2 is 1.85 bits per heavy atom. The largest absolute Gasteiger partial charge is 0.493 e. The van der Waals surface area contributed by atoms with Gasteiger partial charge in [-0.1, -0.05) is 41.9 Å². The van der Waals surface area contributed by atoms with Crippen LogP contribution in [-0.4, -0.2) is 7.11 Å². The first-order valence-corrected chi connectivity index (χ1v) is 9.70. The molecule has 3 nitrogen and oxygen atoms in total. The smallest absolute Gasteiger partial charge is 0.163 e. The molecule has 5 heteroatoms. The van der Waals surface area contributed by atoms with Gasteiger partial charge in [0.15, 0.2) is 11.5 Å². The van der Waals surface area contributed by atoms with Crippen molar-refractivity contribution in [3.8, 4) is 11.5 Å². The van der Waals surface area contributed by atoms with Crippen LogP contribution < -0.4 is 14.8 Å². The van der Waals surface area contributed by atoms with Crippen molar-refractivity contribution in [2.24, 2.45) is 0 Å². The fourth-order valence-corrected chi connectivity index (χ4v) is 3.54. The molecule has 1 N–H and O–H groups in total. The monoisotopic (exact) mass is 387 g/mol. The maximum atomic E-state index is 6.46. The Labute approximate surface area is 163 Å². The highest BCUT2D eigenvalue weighted by molar-refractivity contribution is 7.09. The summed E-state index contributed by atoms with van der Waals surface area (Å²) in [6.45, 7) is 4.05. The predicted octanol–water partition coefficient (Wildman–Crippen LogP) is 5.59. The van der Waals surface area contributed by atoms with Gasteiger partial charge in [0, 0.05) is 29.1 Å². The highest BCUT2D eigenvalue weighted by atomic mass is 35.5. The van der Waals surface area contributed by atoms with Gasteiger partial charge in [-0.05, 0) is 41.1 Å². The number of methoxy groups -OCH3 is 1. The Morgan fingerprint density at radius 1 is 1.00 bits per heavy atom. The zero-order valence-corrected chi connectivity index (χ0v) is 16.5. The number of hydrogen-bond acceptors (Lipinski definition) is 4. The predicted molar refractivity (Wildman–Crippen MR) is 108 cm³/mol. The zero-order valence-electron chi connectivity index (χ0n) is 14.9. The lowest BCUT2D eigenvalue weighted by atomic mass is 10.1. The molecule has 0 spiro atoms. The van der Waals surface area contributed by atoms with Crippen LogP contribution in [-0.2, 0) is 19.7 Å². The lowest BCUT2D eigenvalue weighted by Gasteiger charge is -2.15. The van der Waals surface area contributed by atoms with Crippen LogP contribution in [0.5, 0.6) is 11.5 Å². The summed E-state index contributed by atoms with van der Waals surface area (Å²) in [6.07, 6.45) is 0. The zero-order chi connectivity index (χ0) is 18.4. The SMILES string of the molecule is COc1cc(CNCc2cccs2)c(Cl)cc1OCc1ccccc1C. The molecule has 0 aliphatic rings. The van der Waals surface area contributed by atoms with E-state index >= 15 is 0 Å². The molecule has 0 saturated heterocycles. The quantitative estimate of drug-likeness (QED) is 0.546. The molecule has 0 atom stereocenters. The van der Waals surface area contributed by atoms with E-state index in [0.717, 1.165) is 17.7 Å². The van der Waals surface area contributed by atoms with Crippen molar-refractivity contribution in [3.63, 3.8) is 0 Å². The molecule has 0 aliphatic heterocycles. The van der Waals surface area contributed by atoms with Crippen molar-refractivity contribution in [2.45, 2.75) is 26.6 Å². The Bertz CT molecular complexity index is 849. The molecule has 0 fully saturated rings. The van der Waals surface area contributed by atoms with Gasteiger partial charge < -0.3 is 14.8 Å². The highest BCUT2D eigenvalue weighted by Gasteiger charge is 2.11. The normalized spacial score (nSPS) is 10.7. The Kier molecular flexibility index (Phi) is 6.56. The van der Waals surface area contributed by atoms with Gasteiger partial charge in [0.25, 0.3) is 0 Å². The van der Waals surface area contributed by atoms with Crippen LogP contribution in [0.15, 0.2) is 53.9 Å². The number of ether oxygens (including phenoxy) is 2. The van der Waals surface area contributed by atoms with Gasteiger partial charge in [0.2, 0.25) is 0 Å². The van der Waals surface area contributed by atoms with E-state index in [2.05, 4.69) is 41.9 Å². The van der Waals surface area contributed by atoms with Crippen LogP contribution in [0.4, 0.5) is 0 Å². The maximum Gasteiger partial charge on any atom is 0.163 e. The van der Waals surface area contributed by atoms with Crippen molar-refractivity contribution >= 4 is 22.9 Å². The van der Waals surface area contributed by atoms with Crippen molar-refractivity contribution < 1.29 is 9.47 Å². The van der Waals surface area contributed by atoms with Gasteiger partial charge in [0.1, 0.15) is 6.61 Å². The van der Waals surface area contributed by atoms with Crippen LogP contribution >= 0.6 is 22.9 Å². The van der Waals surface area contributed by atoms with Gasteiger partial charge in [0.05, 0.1) is 7.11 Å². The first kappa shape index (κ1) is 18.8. The average molecular weight is 388 g/mol. The summed E-state index contributed by atoms with van der Waals surface area (Å²) in [7, 11) is 1.65.